The molecule has 0 bridgehead atoms. The zero-order valence-corrected chi connectivity index (χ0v) is 16.8. The zero-order chi connectivity index (χ0) is 19.8. The number of hydrogen-bond acceptors (Lipinski definition) is 7. The second kappa shape index (κ2) is 7.27. The number of pyridine rings is 1. The summed E-state index contributed by atoms with van der Waals surface area (Å²) in [4.78, 5) is 18.5. The predicted molar refractivity (Wildman–Crippen MR) is 108 cm³/mol. The molecule has 0 saturated heterocycles. The molecule has 0 spiro atoms. The Balaban J connectivity index is 1.85. The van der Waals surface area contributed by atoms with E-state index in [4.69, 9.17) is 9.47 Å². The highest BCUT2D eigenvalue weighted by Crippen LogP contribution is 2.35. The summed E-state index contributed by atoms with van der Waals surface area (Å²) in [6.07, 6.45) is 2.23. The van der Waals surface area contributed by atoms with Crippen molar-refractivity contribution < 1.29 is 13.9 Å². The van der Waals surface area contributed by atoms with Crippen LogP contribution in [0.25, 0.3) is 32.0 Å². The van der Waals surface area contributed by atoms with Crippen LogP contribution in [0.3, 0.4) is 0 Å². The van der Waals surface area contributed by atoms with Crippen LogP contribution in [0.1, 0.15) is 25.8 Å². The van der Waals surface area contributed by atoms with Crippen molar-refractivity contribution in [2.24, 2.45) is 0 Å². The van der Waals surface area contributed by atoms with Crippen LogP contribution < -0.4 is 9.47 Å². The second-order valence-corrected chi connectivity index (χ2v) is 7.53. The number of benzene rings is 1. The number of hydrogen-bond donors (Lipinski definition) is 0. The third kappa shape index (κ3) is 3.35. The van der Waals surface area contributed by atoms with Crippen LogP contribution in [0.5, 0.6) is 11.8 Å². The first-order chi connectivity index (χ1) is 13.5. The third-order valence-corrected chi connectivity index (χ3v) is 5.40. The molecule has 0 amide bonds. The van der Waals surface area contributed by atoms with Gasteiger partial charge in [0.2, 0.25) is 5.88 Å². The molecule has 0 unspecified atom stereocenters. The van der Waals surface area contributed by atoms with E-state index in [2.05, 4.69) is 19.9 Å². The van der Waals surface area contributed by atoms with Gasteiger partial charge in [0, 0.05) is 11.6 Å². The first-order valence-electron chi connectivity index (χ1n) is 8.94. The van der Waals surface area contributed by atoms with Gasteiger partial charge in [-0.2, -0.15) is 4.98 Å². The van der Waals surface area contributed by atoms with Gasteiger partial charge in [-0.25, -0.2) is 19.3 Å². The summed E-state index contributed by atoms with van der Waals surface area (Å²) < 4.78 is 25.1. The molecule has 0 N–H and O–H groups in total. The number of fused-ring (bicyclic) bond motifs is 2. The fourth-order valence-electron chi connectivity index (χ4n) is 2.81. The first-order valence-corrected chi connectivity index (χ1v) is 9.75. The van der Waals surface area contributed by atoms with E-state index < -0.39 is 5.82 Å². The smallest absolute Gasteiger partial charge is 0.252 e. The Hall–Kier alpha value is -2.87. The van der Waals surface area contributed by atoms with E-state index in [9.17, 15) is 4.39 Å². The molecular weight excluding hydrogens is 379 g/mol. The van der Waals surface area contributed by atoms with Gasteiger partial charge in [-0.3, -0.25) is 0 Å². The fraction of sp³-hybridized carbons (Fsp3) is 0.300. The molecule has 8 heteroatoms. The van der Waals surface area contributed by atoms with Crippen molar-refractivity contribution in [3.63, 3.8) is 0 Å². The van der Waals surface area contributed by atoms with Crippen molar-refractivity contribution in [2.45, 2.75) is 33.3 Å². The number of halogens is 1. The number of rotatable bonds is 5. The Morgan fingerprint density at radius 2 is 1.96 bits per heavy atom. The molecule has 0 radical (unpaired) electrons. The van der Waals surface area contributed by atoms with Crippen LogP contribution in [0.4, 0.5) is 4.39 Å². The molecule has 4 rings (SSSR count). The highest BCUT2D eigenvalue weighted by molar-refractivity contribution is 7.21. The topological polar surface area (TPSA) is 70.0 Å². The Morgan fingerprint density at radius 3 is 2.71 bits per heavy atom. The van der Waals surface area contributed by atoms with E-state index >= 15 is 0 Å². The van der Waals surface area contributed by atoms with Gasteiger partial charge in [-0.1, -0.05) is 18.3 Å². The number of thiazole rings is 1. The minimum Gasteiger partial charge on any atom is -0.480 e. The van der Waals surface area contributed by atoms with Crippen LogP contribution in [0.15, 0.2) is 24.4 Å². The van der Waals surface area contributed by atoms with E-state index in [1.165, 1.54) is 17.4 Å². The van der Waals surface area contributed by atoms with Gasteiger partial charge in [0.15, 0.2) is 5.82 Å². The van der Waals surface area contributed by atoms with Crippen LogP contribution in [-0.2, 0) is 0 Å². The maximum atomic E-state index is 14.4. The molecule has 28 heavy (non-hydrogen) atoms. The summed E-state index contributed by atoms with van der Waals surface area (Å²) in [5.41, 5.74) is 3.77. The quantitative estimate of drug-likeness (QED) is 0.474. The summed E-state index contributed by atoms with van der Waals surface area (Å²) in [7, 11) is 1.55. The second-order valence-electron chi connectivity index (χ2n) is 6.55. The lowest BCUT2D eigenvalue weighted by Crippen LogP contribution is -2.11. The molecule has 0 saturated carbocycles. The zero-order valence-electron chi connectivity index (χ0n) is 16.0. The molecule has 3 heterocycles. The van der Waals surface area contributed by atoms with Crippen LogP contribution in [0.2, 0.25) is 0 Å². The van der Waals surface area contributed by atoms with Gasteiger partial charge in [0.05, 0.1) is 30.4 Å². The summed E-state index contributed by atoms with van der Waals surface area (Å²) in [6.45, 7) is 5.84. The van der Waals surface area contributed by atoms with Crippen molar-refractivity contribution in [1.82, 2.24) is 19.9 Å². The summed E-state index contributed by atoms with van der Waals surface area (Å²) in [5.74, 6) is -0.0529. The van der Waals surface area contributed by atoms with Gasteiger partial charge in [-0.15, -0.1) is 0 Å². The third-order valence-electron chi connectivity index (χ3n) is 4.40. The van der Waals surface area contributed by atoms with E-state index in [1.807, 2.05) is 32.9 Å². The number of methoxy groups -OCH3 is 1. The van der Waals surface area contributed by atoms with Crippen LogP contribution in [-0.4, -0.2) is 33.1 Å². The normalized spacial score (nSPS) is 12.5. The first kappa shape index (κ1) is 18.5. The molecule has 0 aliphatic heterocycles. The molecule has 6 nitrogen and oxygen atoms in total. The van der Waals surface area contributed by atoms with Crippen molar-refractivity contribution in [1.29, 1.82) is 0 Å². The summed E-state index contributed by atoms with van der Waals surface area (Å²) in [6, 6.07) is 5.30. The Morgan fingerprint density at radius 1 is 1.14 bits per heavy atom. The molecule has 1 aromatic carbocycles. The fourth-order valence-corrected chi connectivity index (χ4v) is 3.74. The standard InChI is InChI=1S/C20H19FN4O2S/c1-5-11(3)27-18-13(21)8-15-20(25-18)28-19(24-15)12-6-10(2)7-14-17(12)22-9-16(23-14)26-4/h6-9,11H,5H2,1-4H3/t11-/m0/s1. The van der Waals surface area contributed by atoms with Gasteiger partial charge in [0.25, 0.3) is 5.88 Å². The SMILES string of the molecule is CC[C@H](C)Oc1nc2sc(-c3cc(C)cc4nc(OC)cnc34)nc2cc1F. The highest BCUT2D eigenvalue weighted by Gasteiger charge is 2.17. The largest absolute Gasteiger partial charge is 0.480 e. The predicted octanol–water partition coefficient (Wildman–Crippen LogP) is 4.93. The molecule has 0 aliphatic rings. The molecule has 0 aliphatic carbocycles. The van der Waals surface area contributed by atoms with Gasteiger partial charge >= 0.3 is 0 Å². The lowest BCUT2D eigenvalue weighted by atomic mass is 10.1. The molecule has 144 valence electrons. The minimum absolute atomic E-state index is 0.00989. The minimum atomic E-state index is -0.511. The maximum Gasteiger partial charge on any atom is 0.252 e. The lowest BCUT2D eigenvalue weighted by Gasteiger charge is -2.11. The monoisotopic (exact) mass is 398 g/mol. The Labute approximate surface area is 165 Å². The Bertz CT molecular complexity index is 1180. The van der Waals surface area contributed by atoms with E-state index in [1.54, 1.807) is 13.3 Å². The van der Waals surface area contributed by atoms with Gasteiger partial charge < -0.3 is 9.47 Å². The van der Waals surface area contributed by atoms with Crippen molar-refractivity contribution in [2.75, 3.05) is 7.11 Å². The average Bonchev–Trinajstić information content (AvgIpc) is 3.09. The summed E-state index contributed by atoms with van der Waals surface area (Å²) >= 11 is 1.37. The molecule has 4 aromatic rings. The number of aromatic nitrogens is 4. The molecule has 0 fully saturated rings. The highest BCUT2D eigenvalue weighted by atomic mass is 32.1. The van der Waals surface area contributed by atoms with E-state index in [-0.39, 0.29) is 12.0 Å². The number of nitrogens with zero attached hydrogens (tertiary/aromatic N) is 4. The Kier molecular flexibility index (Phi) is 4.80. The van der Waals surface area contributed by atoms with E-state index in [0.29, 0.717) is 32.3 Å². The van der Waals surface area contributed by atoms with Crippen LogP contribution in [0, 0.1) is 12.7 Å². The maximum absolute atomic E-state index is 14.4. The number of ether oxygens (including phenoxy) is 2. The summed E-state index contributed by atoms with van der Waals surface area (Å²) in [5, 5.41) is 0.704. The van der Waals surface area contributed by atoms with E-state index in [0.717, 1.165) is 17.5 Å². The van der Waals surface area contributed by atoms with Gasteiger partial charge in [0.1, 0.15) is 15.4 Å². The average molecular weight is 398 g/mol. The van der Waals surface area contributed by atoms with Gasteiger partial charge in [-0.05, 0) is 38.0 Å². The molecule has 1 atom stereocenters. The van der Waals surface area contributed by atoms with Crippen molar-refractivity contribution in [3.8, 4) is 22.3 Å². The van der Waals surface area contributed by atoms with Crippen molar-refractivity contribution in [3.05, 3.63) is 35.8 Å². The van der Waals surface area contributed by atoms with Crippen LogP contribution >= 0.6 is 11.3 Å². The molecular formula is C20H19FN4O2S. The number of aryl methyl sites for hydroxylation is 1. The molecule has 3 aromatic heterocycles. The van der Waals surface area contributed by atoms with Crippen molar-refractivity contribution >= 4 is 32.7 Å². The lowest BCUT2D eigenvalue weighted by molar-refractivity contribution is 0.199.